The number of anilines is 1. The van der Waals surface area contributed by atoms with Crippen LogP contribution < -0.4 is 5.73 Å². The first kappa shape index (κ1) is 11.2. The summed E-state index contributed by atoms with van der Waals surface area (Å²) in [7, 11) is 0. The van der Waals surface area contributed by atoms with E-state index in [9.17, 15) is 4.79 Å². The Bertz CT molecular complexity index is 765. The lowest BCUT2D eigenvalue weighted by atomic mass is 10.0. The van der Waals surface area contributed by atoms with Gasteiger partial charge in [0, 0.05) is 24.2 Å². The molecule has 0 aliphatic carbocycles. The third-order valence-corrected chi connectivity index (χ3v) is 2.92. The van der Waals surface area contributed by atoms with Crippen LogP contribution in [0.25, 0.3) is 22.2 Å². The van der Waals surface area contributed by atoms with Gasteiger partial charge in [0.05, 0.1) is 11.1 Å². The largest absolute Gasteiger partial charge is 0.477 e. The number of nitrogens with zero attached hydrogens (tertiary/aromatic N) is 2. The summed E-state index contributed by atoms with van der Waals surface area (Å²) in [6.07, 6.45) is 4.97. The van der Waals surface area contributed by atoms with Gasteiger partial charge < -0.3 is 15.8 Å². The molecule has 0 fully saturated rings. The molecule has 3 aromatic heterocycles. The highest BCUT2D eigenvalue weighted by molar-refractivity contribution is 6.09. The van der Waals surface area contributed by atoms with Crippen LogP contribution in [0, 0.1) is 0 Å². The Morgan fingerprint density at radius 2 is 2.16 bits per heavy atom. The number of carboxylic acid groups (broad SMARTS) is 1. The molecule has 19 heavy (non-hydrogen) atoms. The predicted molar refractivity (Wildman–Crippen MR) is 70.7 cm³/mol. The fourth-order valence-corrected chi connectivity index (χ4v) is 2.07. The molecule has 0 amide bonds. The van der Waals surface area contributed by atoms with E-state index in [-0.39, 0.29) is 11.4 Å². The number of pyridine rings is 2. The Kier molecular flexibility index (Phi) is 2.42. The molecule has 0 aromatic carbocycles. The van der Waals surface area contributed by atoms with Gasteiger partial charge in [0.15, 0.2) is 0 Å². The number of aromatic carboxylic acids is 1. The maximum Gasteiger partial charge on any atom is 0.354 e. The molecule has 0 radical (unpaired) electrons. The second-order valence-corrected chi connectivity index (χ2v) is 4.04. The number of carbonyl (C=O) groups is 1. The number of aromatic nitrogens is 3. The Morgan fingerprint density at radius 3 is 2.84 bits per heavy atom. The summed E-state index contributed by atoms with van der Waals surface area (Å²) in [5.41, 5.74) is 8.17. The molecule has 0 spiro atoms. The summed E-state index contributed by atoms with van der Waals surface area (Å²) in [6, 6.07) is 5.48. The number of nitrogen functional groups attached to an aromatic ring is 1. The average molecular weight is 254 g/mol. The van der Waals surface area contributed by atoms with E-state index in [0.29, 0.717) is 11.0 Å². The summed E-state index contributed by atoms with van der Waals surface area (Å²) in [5.74, 6) is -1.10. The maximum atomic E-state index is 11.1. The topological polar surface area (TPSA) is 105 Å². The molecule has 6 heteroatoms. The van der Waals surface area contributed by atoms with Crippen LogP contribution in [0.5, 0.6) is 0 Å². The first-order valence-corrected chi connectivity index (χ1v) is 5.58. The molecule has 94 valence electrons. The maximum absolute atomic E-state index is 11.1. The van der Waals surface area contributed by atoms with Crippen LogP contribution >= 0.6 is 0 Å². The summed E-state index contributed by atoms with van der Waals surface area (Å²) < 4.78 is 0. The Balaban J connectivity index is 2.35. The number of rotatable bonds is 2. The molecule has 3 aromatic rings. The summed E-state index contributed by atoms with van der Waals surface area (Å²) in [6.45, 7) is 0. The number of carboxylic acids is 1. The minimum absolute atomic E-state index is 0.0427. The third kappa shape index (κ3) is 1.70. The molecular weight excluding hydrogens is 244 g/mol. The zero-order chi connectivity index (χ0) is 13.4. The monoisotopic (exact) mass is 254 g/mol. The fourth-order valence-electron chi connectivity index (χ4n) is 2.07. The first-order valence-electron chi connectivity index (χ1n) is 5.58. The zero-order valence-corrected chi connectivity index (χ0v) is 9.79. The lowest BCUT2D eigenvalue weighted by Crippen LogP contribution is -2.00. The van der Waals surface area contributed by atoms with Crippen molar-refractivity contribution in [2.24, 2.45) is 0 Å². The quantitative estimate of drug-likeness (QED) is 0.647. The fraction of sp³-hybridized carbons (Fsp3) is 0. The van der Waals surface area contributed by atoms with E-state index in [1.54, 1.807) is 24.7 Å². The smallest absolute Gasteiger partial charge is 0.354 e. The van der Waals surface area contributed by atoms with Gasteiger partial charge >= 0.3 is 5.97 Å². The van der Waals surface area contributed by atoms with E-state index in [0.717, 1.165) is 11.1 Å². The second-order valence-electron chi connectivity index (χ2n) is 4.04. The Hall–Kier alpha value is -2.89. The molecule has 0 atom stereocenters. The second kappa shape index (κ2) is 4.09. The van der Waals surface area contributed by atoms with Crippen molar-refractivity contribution >= 4 is 22.7 Å². The summed E-state index contributed by atoms with van der Waals surface area (Å²) in [5, 5.41) is 9.68. The van der Waals surface area contributed by atoms with Crippen molar-refractivity contribution in [1.29, 1.82) is 0 Å². The van der Waals surface area contributed by atoms with E-state index in [1.807, 2.05) is 12.1 Å². The van der Waals surface area contributed by atoms with Gasteiger partial charge in [0.25, 0.3) is 0 Å². The van der Waals surface area contributed by atoms with Gasteiger partial charge in [-0.3, -0.25) is 4.98 Å². The average Bonchev–Trinajstić information content (AvgIpc) is 2.78. The van der Waals surface area contributed by atoms with Gasteiger partial charge in [-0.15, -0.1) is 0 Å². The van der Waals surface area contributed by atoms with Crippen LogP contribution in [0.4, 0.5) is 5.69 Å². The molecule has 0 aliphatic heterocycles. The van der Waals surface area contributed by atoms with Crippen molar-refractivity contribution in [3.05, 3.63) is 42.5 Å². The van der Waals surface area contributed by atoms with Crippen LogP contribution in [0.15, 0.2) is 36.8 Å². The normalized spacial score (nSPS) is 10.7. The van der Waals surface area contributed by atoms with Crippen molar-refractivity contribution in [2.75, 3.05) is 5.73 Å². The first-order chi connectivity index (χ1) is 9.18. The molecule has 4 N–H and O–H groups in total. The number of nitrogens with one attached hydrogen (secondary N) is 1. The molecule has 0 bridgehead atoms. The van der Waals surface area contributed by atoms with Crippen molar-refractivity contribution in [1.82, 2.24) is 15.0 Å². The van der Waals surface area contributed by atoms with Crippen LogP contribution in [0.2, 0.25) is 0 Å². The number of aromatic amines is 1. The van der Waals surface area contributed by atoms with Crippen molar-refractivity contribution in [3.8, 4) is 11.1 Å². The Labute approximate surface area is 107 Å². The highest BCUT2D eigenvalue weighted by atomic mass is 16.4. The molecule has 3 rings (SSSR count). The minimum Gasteiger partial charge on any atom is -0.477 e. The molecule has 6 nitrogen and oxygen atoms in total. The SMILES string of the molecule is Nc1c(C(=O)O)[nH]c2nccc(-c3cccnc3)c12. The highest BCUT2D eigenvalue weighted by Gasteiger charge is 2.18. The van der Waals surface area contributed by atoms with E-state index < -0.39 is 5.97 Å². The lowest BCUT2D eigenvalue weighted by molar-refractivity contribution is 0.0692. The minimum atomic E-state index is -1.10. The van der Waals surface area contributed by atoms with Crippen molar-refractivity contribution in [2.45, 2.75) is 0 Å². The van der Waals surface area contributed by atoms with Crippen LogP contribution in [0.1, 0.15) is 10.5 Å². The lowest BCUT2D eigenvalue weighted by Gasteiger charge is -2.03. The van der Waals surface area contributed by atoms with Gasteiger partial charge in [-0.25, -0.2) is 9.78 Å². The number of fused-ring (bicyclic) bond motifs is 1. The van der Waals surface area contributed by atoms with Crippen LogP contribution in [-0.4, -0.2) is 26.0 Å². The van der Waals surface area contributed by atoms with E-state index in [4.69, 9.17) is 10.8 Å². The van der Waals surface area contributed by atoms with Gasteiger partial charge in [0.2, 0.25) is 0 Å². The van der Waals surface area contributed by atoms with Gasteiger partial charge in [0.1, 0.15) is 11.3 Å². The summed E-state index contributed by atoms with van der Waals surface area (Å²) >= 11 is 0. The van der Waals surface area contributed by atoms with E-state index in [2.05, 4.69) is 15.0 Å². The third-order valence-electron chi connectivity index (χ3n) is 2.92. The van der Waals surface area contributed by atoms with Gasteiger partial charge in [-0.1, -0.05) is 6.07 Å². The molecule has 0 aliphatic rings. The molecule has 0 saturated carbocycles. The molecule has 0 unspecified atom stereocenters. The van der Waals surface area contributed by atoms with Crippen molar-refractivity contribution in [3.63, 3.8) is 0 Å². The number of hydrogen-bond donors (Lipinski definition) is 3. The standard InChI is InChI=1S/C13H10N4O2/c14-10-9-8(7-2-1-4-15-6-7)3-5-16-12(9)17-11(10)13(18)19/h1-6H,14H2,(H,16,17)(H,18,19). The van der Waals surface area contributed by atoms with E-state index in [1.165, 1.54) is 0 Å². The number of H-pyrrole nitrogens is 1. The molecule has 3 heterocycles. The zero-order valence-electron chi connectivity index (χ0n) is 9.79. The van der Waals surface area contributed by atoms with E-state index >= 15 is 0 Å². The highest BCUT2D eigenvalue weighted by Crippen LogP contribution is 2.33. The van der Waals surface area contributed by atoms with Crippen LogP contribution in [0.3, 0.4) is 0 Å². The van der Waals surface area contributed by atoms with Gasteiger partial charge in [-0.05, 0) is 17.7 Å². The Morgan fingerprint density at radius 1 is 1.32 bits per heavy atom. The predicted octanol–water partition coefficient (Wildman–Crippen LogP) is 1.91. The van der Waals surface area contributed by atoms with Crippen molar-refractivity contribution < 1.29 is 9.90 Å². The van der Waals surface area contributed by atoms with Gasteiger partial charge in [-0.2, -0.15) is 0 Å². The number of hydrogen-bond acceptors (Lipinski definition) is 4. The van der Waals surface area contributed by atoms with Crippen LogP contribution in [-0.2, 0) is 0 Å². The number of nitrogens with two attached hydrogens (primary N) is 1. The molecular formula is C13H10N4O2. The summed E-state index contributed by atoms with van der Waals surface area (Å²) in [4.78, 5) is 22.0. The molecule has 0 saturated heterocycles.